The molecule has 1 N–H and O–H groups in total. The lowest BCUT2D eigenvalue weighted by Crippen LogP contribution is -2.39. The van der Waals surface area contributed by atoms with E-state index in [0.717, 1.165) is 13.1 Å². The second-order valence-electron chi connectivity index (χ2n) is 4.24. The third-order valence-electron chi connectivity index (χ3n) is 2.70. The highest BCUT2D eigenvalue weighted by Gasteiger charge is 2.19. The van der Waals surface area contributed by atoms with Crippen LogP contribution in [0.1, 0.15) is 0 Å². The summed E-state index contributed by atoms with van der Waals surface area (Å²) in [4.78, 5) is 16.9. The van der Waals surface area contributed by atoms with Crippen LogP contribution in [0.2, 0.25) is 0 Å². The second-order valence-corrected chi connectivity index (χ2v) is 5.93. The predicted molar refractivity (Wildman–Crippen MR) is 73.8 cm³/mol. The molecule has 1 aromatic rings. The molecule has 100 valence electrons. The standard InChI is InChI=1S/C10H18N6OS/c1-11-8-12-9(15(2)3)14-10(13-8)16-4-6-18(17)7-5-16/h4-7H2,1-3H3,(H,11,12,13,14). The zero-order chi connectivity index (χ0) is 13.1. The van der Waals surface area contributed by atoms with Crippen LogP contribution in [-0.4, -0.2) is 64.9 Å². The van der Waals surface area contributed by atoms with Crippen molar-refractivity contribution in [1.29, 1.82) is 0 Å². The summed E-state index contributed by atoms with van der Waals surface area (Å²) in [5.41, 5.74) is 0. The van der Waals surface area contributed by atoms with E-state index in [1.807, 2.05) is 19.0 Å². The van der Waals surface area contributed by atoms with Gasteiger partial charge in [-0.2, -0.15) is 15.0 Å². The molecule has 0 radical (unpaired) electrons. The third kappa shape index (κ3) is 2.87. The Morgan fingerprint density at radius 3 is 2.44 bits per heavy atom. The van der Waals surface area contributed by atoms with Gasteiger partial charge in [-0.15, -0.1) is 0 Å². The van der Waals surface area contributed by atoms with Gasteiger partial charge in [-0.05, 0) is 0 Å². The number of anilines is 3. The maximum Gasteiger partial charge on any atom is 0.232 e. The Kier molecular flexibility index (Phi) is 3.95. The summed E-state index contributed by atoms with van der Waals surface area (Å²) in [5.74, 6) is 3.18. The normalized spacial score (nSPS) is 16.7. The molecule has 0 aliphatic carbocycles. The van der Waals surface area contributed by atoms with E-state index in [2.05, 4.69) is 25.2 Å². The molecule has 1 saturated heterocycles. The minimum atomic E-state index is -0.695. The van der Waals surface area contributed by atoms with Crippen LogP contribution in [0.15, 0.2) is 0 Å². The van der Waals surface area contributed by atoms with E-state index in [0.29, 0.717) is 29.4 Å². The molecular formula is C10H18N6OS. The van der Waals surface area contributed by atoms with Crippen LogP contribution in [0, 0.1) is 0 Å². The Labute approximate surface area is 109 Å². The van der Waals surface area contributed by atoms with E-state index in [9.17, 15) is 4.21 Å². The van der Waals surface area contributed by atoms with Crippen molar-refractivity contribution < 1.29 is 4.21 Å². The maximum atomic E-state index is 11.3. The Bertz CT molecular complexity index is 442. The SMILES string of the molecule is CNc1nc(N(C)C)nc(N2CCS(=O)CC2)n1. The van der Waals surface area contributed by atoms with Crippen LogP contribution in [-0.2, 0) is 10.8 Å². The first-order valence-corrected chi connectivity index (χ1v) is 7.30. The Balaban J connectivity index is 2.26. The smallest absolute Gasteiger partial charge is 0.232 e. The summed E-state index contributed by atoms with van der Waals surface area (Å²) in [6, 6.07) is 0. The fourth-order valence-corrected chi connectivity index (χ4v) is 2.70. The van der Waals surface area contributed by atoms with Gasteiger partial charge in [0.15, 0.2) is 0 Å². The van der Waals surface area contributed by atoms with Crippen LogP contribution in [0.5, 0.6) is 0 Å². The minimum absolute atomic E-state index is 0.551. The largest absolute Gasteiger partial charge is 0.357 e. The van der Waals surface area contributed by atoms with Crippen LogP contribution in [0.3, 0.4) is 0 Å². The van der Waals surface area contributed by atoms with Crippen molar-refractivity contribution in [3.05, 3.63) is 0 Å². The monoisotopic (exact) mass is 270 g/mol. The fraction of sp³-hybridized carbons (Fsp3) is 0.700. The molecule has 0 bridgehead atoms. The predicted octanol–water partition coefficient (Wildman–Crippen LogP) is -0.452. The Hall–Kier alpha value is -1.44. The van der Waals surface area contributed by atoms with Crippen molar-refractivity contribution in [3.8, 4) is 0 Å². The number of hydrogen-bond donors (Lipinski definition) is 1. The topological polar surface area (TPSA) is 74.2 Å². The summed E-state index contributed by atoms with van der Waals surface area (Å²) in [6.45, 7) is 1.46. The van der Waals surface area contributed by atoms with Gasteiger partial charge in [-0.25, -0.2) is 0 Å². The van der Waals surface area contributed by atoms with Gasteiger partial charge in [-0.3, -0.25) is 4.21 Å². The molecule has 1 aliphatic heterocycles. The molecule has 0 atom stereocenters. The first-order valence-electron chi connectivity index (χ1n) is 5.81. The van der Waals surface area contributed by atoms with E-state index in [-0.39, 0.29) is 0 Å². The lowest BCUT2D eigenvalue weighted by atomic mass is 10.5. The van der Waals surface area contributed by atoms with Crippen molar-refractivity contribution >= 4 is 28.6 Å². The highest BCUT2D eigenvalue weighted by molar-refractivity contribution is 7.85. The summed E-state index contributed by atoms with van der Waals surface area (Å²) < 4.78 is 11.3. The van der Waals surface area contributed by atoms with Gasteiger partial charge in [0.25, 0.3) is 0 Å². The molecule has 0 aromatic carbocycles. The quantitative estimate of drug-likeness (QED) is 0.797. The Morgan fingerprint density at radius 1 is 1.22 bits per heavy atom. The lowest BCUT2D eigenvalue weighted by Gasteiger charge is -2.27. The van der Waals surface area contributed by atoms with Gasteiger partial charge in [-0.1, -0.05) is 0 Å². The lowest BCUT2D eigenvalue weighted by molar-refractivity contribution is 0.671. The second kappa shape index (κ2) is 5.47. The van der Waals surface area contributed by atoms with Gasteiger partial charge in [0, 0.05) is 56.5 Å². The molecule has 0 saturated carbocycles. The zero-order valence-corrected chi connectivity index (χ0v) is 11.7. The van der Waals surface area contributed by atoms with Gasteiger partial charge in [0.2, 0.25) is 17.8 Å². The molecule has 1 aromatic heterocycles. The van der Waals surface area contributed by atoms with Crippen molar-refractivity contribution in [2.24, 2.45) is 0 Å². The molecule has 2 heterocycles. The van der Waals surface area contributed by atoms with E-state index >= 15 is 0 Å². The fourth-order valence-electron chi connectivity index (χ4n) is 1.64. The van der Waals surface area contributed by atoms with E-state index in [1.54, 1.807) is 7.05 Å². The average molecular weight is 270 g/mol. The van der Waals surface area contributed by atoms with Crippen LogP contribution in [0.25, 0.3) is 0 Å². The molecular weight excluding hydrogens is 252 g/mol. The first-order chi connectivity index (χ1) is 8.60. The molecule has 1 aliphatic rings. The molecule has 0 amide bonds. The summed E-state index contributed by atoms with van der Waals surface area (Å²) in [5, 5.41) is 2.93. The van der Waals surface area contributed by atoms with E-state index in [4.69, 9.17) is 0 Å². The molecule has 1 fully saturated rings. The van der Waals surface area contributed by atoms with Crippen molar-refractivity contribution in [1.82, 2.24) is 15.0 Å². The van der Waals surface area contributed by atoms with Gasteiger partial charge < -0.3 is 15.1 Å². The van der Waals surface area contributed by atoms with Crippen molar-refractivity contribution in [3.63, 3.8) is 0 Å². The summed E-state index contributed by atoms with van der Waals surface area (Å²) in [6.07, 6.45) is 0. The Morgan fingerprint density at radius 2 is 1.89 bits per heavy atom. The minimum Gasteiger partial charge on any atom is -0.357 e. The van der Waals surface area contributed by atoms with E-state index in [1.165, 1.54) is 0 Å². The van der Waals surface area contributed by atoms with Crippen LogP contribution >= 0.6 is 0 Å². The molecule has 2 rings (SSSR count). The van der Waals surface area contributed by atoms with Crippen LogP contribution < -0.4 is 15.1 Å². The van der Waals surface area contributed by atoms with E-state index < -0.39 is 10.8 Å². The number of rotatable bonds is 3. The highest BCUT2D eigenvalue weighted by Crippen LogP contribution is 2.16. The molecule has 0 unspecified atom stereocenters. The average Bonchev–Trinajstić information content (AvgIpc) is 2.39. The maximum absolute atomic E-state index is 11.3. The summed E-state index contributed by atoms with van der Waals surface area (Å²) in [7, 11) is 4.87. The number of aromatic nitrogens is 3. The number of nitrogens with zero attached hydrogens (tertiary/aromatic N) is 5. The van der Waals surface area contributed by atoms with Gasteiger partial charge >= 0.3 is 0 Å². The molecule has 7 nitrogen and oxygen atoms in total. The zero-order valence-electron chi connectivity index (χ0n) is 10.9. The highest BCUT2D eigenvalue weighted by atomic mass is 32.2. The third-order valence-corrected chi connectivity index (χ3v) is 3.97. The molecule has 8 heteroatoms. The van der Waals surface area contributed by atoms with Crippen LogP contribution in [0.4, 0.5) is 17.8 Å². The van der Waals surface area contributed by atoms with Gasteiger partial charge in [0.05, 0.1) is 0 Å². The van der Waals surface area contributed by atoms with Crippen molar-refractivity contribution in [2.45, 2.75) is 0 Å². The number of hydrogen-bond acceptors (Lipinski definition) is 7. The molecule has 18 heavy (non-hydrogen) atoms. The van der Waals surface area contributed by atoms with Crippen molar-refractivity contribution in [2.75, 3.05) is 60.9 Å². The first kappa shape index (κ1) is 13.0. The summed E-state index contributed by atoms with van der Waals surface area (Å²) >= 11 is 0. The number of nitrogens with one attached hydrogen (secondary N) is 1. The van der Waals surface area contributed by atoms with Gasteiger partial charge in [0.1, 0.15) is 0 Å². The molecule has 0 spiro atoms.